The van der Waals surface area contributed by atoms with Gasteiger partial charge in [0.05, 0.1) is 0 Å². The molecule has 2 aromatic heterocycles. The van der Waals surface area contributed by atoms with E-state index < -0.39 is 0 Å². The van der Waals surface area contributed by atoms with Gasteiger partial charge in [0.25, 0.3) is 0 Å². The number of nitrogens with zero attached hydrogens (tertiary/aromatic N) is 3. The first-order chi connectivity index (χ1) is 8.90. The first kappa shape index (κ1) is 11.0. The number of aromatic nitrogens is 3. The van der Waals surface area contributed by atoms with Crippen molar-refractivity contribution in [2.75, 3.05) is 10.6 Å². The van der Waals surface area contributed by atoms with Crippen LogP contribution in [0.1, 0.15) is 18.4 Å². The Kier molecular flexibility index (Phi) is 3.04. The van der Waals surface area contributed by atoms with E-state index in [1.54, 1.807) is 18.7 Å². The molecule has 18 heavy (non-hydrogen) atoms. The van der Waals surface area contributed by atoms with Crippen LogP contribution in [0, 0.1) is 0 Å². The van der Waals surface area contributed by atoms with Gasteiger partial charge < -0.3 is 10.6 Å². The van der Waals surface area contributed by atoms with E-state index in [1.807, 2.05) is 18.2 Å². The molecule has 0 aliphatic heterocycles. The quantitative estimate of drug-likeness (QED) is 0.839. The molecule has 0 saturated heterocycles. The van der Waals surface area contributed by atoms with Gasteiger partial charge in [-0.05, 0) is 30.5 Å². The van der Waals surface area contributed by atoms with E-state index in [0.29, 0.717) is 6.04 Å². The normalized spacial score (nSPS) is 14.2. The highest BCUT2D eigenvalue weighted by molar-refractivity contribution is 5.47. The summed E-state index contributed by atoms with van der Waals surface area (Å²) in [6.07, 6.45) is 7.64. The Bertz CT molecular complexity index is 510. The molecule has 92 valence electrons. The molecule has 2 N–H and O–H groups in total. The number of hydrogen-bond acceptors (Lipinski definition) is 5. The van der Waals surface area contributed by atoms with Crippen molar-refractivity contribution in [3.63, 3.8) is 0 Å². The van der Waals surface area contributed by atoms with Crippen LogP contribution < -0.4 is 10.6 Å². The predicted molar refractivity (Wildman–Crippen MR) is 70.2 cm³/mol. The molecule has 2 aromatic rings. The minimum atomic E-state index is 0.605. The first-order valence-electron chi connectivity index (χ1n) is 6.11. The largest absolute Gasteiger partial charge is 0.367 e. The van der Waals surface area contributed by atoms with E-state index in [1.165, 1.54) is 18.4 Å². The monoisotopic (exact) mass is 241 g/mol. The highest BCUT2D eigenvalue weighted by Gasteiger charge is 2.21. The minimum Gasteiger partial charge on any atom is -0.367 e. The van der Waals surface area contributed by atoms with Crippen LogP contribution in [0.25, 0.3) is 0 Å². The average molecular weight is 241 g/mol. The van der Waals surface area contributed by atoms with E-state index >= 15 is 0 Å². The summed E-state index contributed by atoms with van der Waals surface area (Å²) >= 11 is 0. The molecule has 1 aliphatic rings. The van der Waals surface area contributed by atoms with E-state index in [0.717, 1.165) is 18.2 Å². The van der Waals surface area contributed by atoms with Crippen LogP contribution in [0.4, 0.5) is 11.6 Å². The SMILES string of the molecule is c1cc(CNc2cc(NC3CC3)ncn2)ccn1. The fourth-order valence-corrected chi connectivity index (χ4v) is 1.66. The van der Waals surface area contributed by atoms with Gasteiger partial charge >= 0.3 is 0 Å². The molecule has 5 nitrogen and oxygen atoms in total. The van der Waals surface area contributed by atoms with Gasteiger partial charge in [-0.15, -0.1) is 0 Å². The average Bonchev–Trinajstić information content (AvgIpc) is 3.22. The van der Waals surface area contributed by atoms with Crippen LogP contribution in [0.15, 0.2) is 36.9 Å². The standard InChI is InChI=1S/C13H15N5/c1-2-11(1)18-13-7-12(16-9-17-13)15-8-10-3-5-14-6-4-10/h3-7,9,11H,1-2,8H2,(H2,15,16,17,18). The lowest BCUT2D eigenvalue weighted by Crippen LogP contribution is -2.06. The van der Waals surface area contributed by atoms with Gasteiger partial charge in [0.15, 0.2) is 0 Å². The second-order valence-electron chi connectivity index (χ2n) is 4.42. The summed E-state index contributed by atoms with van der Waals surface area (Å²) in [5, 5.41) is 6.63. The molecule has 3 rings (SSSR count). The molecule has 0 aromatic carbocycles. The highest BCUT2D eigenvalue weighted by atomic mass is 15.1. The number of rotatable bonds is 5. The summed E-state index contributed by atoms with van der Waals surface area (Å²) in [4.78, 5) is 12.4. The molecule has 1 saturated carbocycles. The molecule has 0 radical (unpaired) electrons. The van der Waals surface area contributed by atoms with Gasteiger partial charge in [-0.1, -0.05) is 0 Å². The lowest BCUT2D eigenvalue weighted by molar-refractivity contribution is 1.05. The Morgan fingerprint density at radius 2 is 1.89 bits per heavy atom. The summed E-state index contributed by atoms with van der Waals surface area (Å²) in [6, 6.07) is 6.52. The Labute approximate surface area is 106 Å². The number of hydrogen-bond donors (Lipinski definition) is 2. The molecule has 0 bridgehead atoms. The van der Waals surface area contributed by atoms with Gasteiger partial charge in [-0.25, -0.2) is 9.97 Å². The van der Waals surface area contributed by atoms with Crippen molar-refractivity contribution in [3.8, 4) is 0 Å². The van der Waals surface area contributed by atoms with Crippen molar-refractivity contribution >= 4 is 11.6 Å². The van der Waals surface area contributed by atoms with Crippen LogP contribution in [-0.2, 0) is 6.54 Å². The fraction of sp³-hybridized carbons (Fsp3) is 0.308. The van der Waals surface area contributed by atoms with Gasteiger partial charge in [0.2, 0.25) is 0 Å². The number of anilines is 2. The zero-order chi connectivity index (χ0) is 12.2. The third-order valence-electron chi connectivity index (χ3n) is 2.82. The lowest BCUT2D eigenvalue weighted by atomic mass is 10.3. The predicted octanol–water partition coefficient (Wildman–Crippen LogP) is 2.06. The van der Waals surface area contributed by atoms with E-state index in [9.17, 15) is 0 Å². The zero-order valence-electron chi connectivity index (χ0n) is 10.0. The Balaban J connectivity index is 1.61. The molecule has 0 spiro atoms. The fourth-order valence-electron chi connectivity index (χ4n) is 1.66. The van der Waals surface area contributed by atoms with Gasteiger partial charge in [-0.3, -0.25) is 4.98 Å². The first-order valence-corrected chi connectivity index (χ1v) is 6.11. The smallest absolute Gasteiger partial charge is 0.131 e. The Morgan fingerprint density at radius 3 is 2.67 bits per heavy atom. The van der Waals surface area contributed by atoms with Crippen molar-refractivity contribution in [1.29, 1.82) is 0 Å². The van der Waals surface area contributed by atoms with Gasteiger partial charge in [0.1, 0.15) is 18.0 Å². The summed E-state index contributed by atoms with van der Waals surface area (Å²) in [5.41, 5.74) is 1.18. The molecule has 1 fully saturated rings. The summed E-state index contributed by atoms with van der Waals surface area (Å²) in [6.45, 7) is 0.738. The minimum absolute atomic E-state index is 0.605. The molecule has 0 atom stereocenters. The molecule has 2 heterocycles. The lowest BCUT2D eigenvalue weighted by Gasteiger charge is -2.07. The second-order valence-corrected chi connectivity index (χ2v) is 4.42. The molecule has 1 aliphatic carbocycles. The maximum Gasteiger partial charge on any atom is 0.131 e. The van der Waals surface area contributed by atoms with Crippen LogP contribution >= 0.6 is 0 Å². The molecule has 0 unspecified atom stereocenters. The van der Waals surface area contributed by atoms with Gasteiger partial charge in [-0.2, -0.15) is 0 Å². The van der Waals surface area contributed by atoms with Crippen molar-refractivity contribution in [2.24, 2.45) is 0 Å². The van der Waals surface area contributed by atoms with Crippen molar-refractivity contribution in [3.05, 3.63) is 42.5 Å². The number of pyridine rings is 1. The van der Waals surface area contributed by atoms with E-state index in [4.69, 9.17) is 0 Å². The van der Waals surface area contributed by atoms with Gasteiger partial charge in [0, 0.05) is 31.0 Å². The topological polar surface area (TPSA) is 62.7 Å². The summed E-state index contributed by atoms with van der Waals surface area (Å²) in [7, 11) is 0. The van der Waals surface area contributed by atoms with Crippen molar-refractivity contribution in [2.45, 2.75) is 25.4 Å². The maximum atomic E-state index is 4.20. The maximum absolute atomic E-state index is 4.20. The third-order valence-corrected chi connectivity index (χ3v) is 2.82. The molecule has 0 amide bonds. The Morgan fingerprint density at radius 1 is 1.11 bits per heavy atom. The van der Waals surface area contributed by atoms with E-state index in [2.05, 4.69) is 25.6 Å². The number of nitrogens with one attached hydrogen (secondary N) is 2. The van der Waals surface area contributed by atoms with Crippen LogP contribution in [-0.4, -0.2) is 21.0 Å². The molecular weight excluding hydrogens is 226 g/mol. The van der Waals surface area contributed by atoms with Crippen LogP contribution in [0.3, 0.4) is 0 Å². The molecular formula is C13H15N5. The van der Waals surface area contributed by atoms with E-state index in [-0.39, 0.29) is 0 Å². The highest BCUT2D eigenvalue weighted by Crippen LogP contribution is 2.24. The van der Waals surface area contributed by atoms with Crippen LogP contribution in [0.5, 0.6) is 0 Å². The summed E-state index contributed by atoms with van der Waals surface area (Å²) in [5.74, 6) is 1.73. The Hall–Kier alpha value is -2.17. The van der Waals surface area contributed by atoms with Crippen molar-refractivity contribution in [1.82, 2.24) is 15.0 Å². The van der Waals surface area contributed by atoms with Crippen LogP contribution in [0.2, 0.25) is 0 Å². The summed E-state index contributed by atoms with van der Waals surface area (Å²) < 4.78 is 0. The zero-order valence-corrected chi connectivity index (χ0v) is 10.0. The third kappa shape index (κ3) is 2.94. The van der Waals surface area contributed by atoms with Crippen molar-refractivity contribution < 1.29 is 0 Å². The molecule has 5 heteroatoms. The second kappa shape index (κ2) is 5.00.